The summed E-state index contributed by atoms with van der Waals surface area (Å²) in [7, 11) is 0. The molecule has 2 saturated heterocycles. The fourth-order valence-electron chi connectivity index (χ4n) is 3.46. The smallest absolute Gasteiger partial charge is 0.317 e. The topological polar surface area (TPSA) is 83.4 Å². The van der Waals surface area contributed by atoms with Gasteiger partial charge in [-0.2, -0.15) is 0 Å². The van der Waals surface area contributed by atoms with Crippen molar-refractivity contribution in [2.24, 2.45) is 0 Å². The van der Waals surface area contributed by atoms with Gasteiger partial charge in [-0.05, 0) is 25.0 Å². The summed E-state index contributed by atoms with van der Waals surface area (Å²) in [5.74, 6) is -0.133. The Morgan fingerprint density at radius 1 is 1.20 bits per heavy atom. The largest absolute Gasteiger partial charge is 0.336 e. The number of hydrogen-bond acceptors (Lipinski definition) is 4. The van der Waals surface area contributed by atoms with Crippen molar-refractivity contribution in [2.45, 2.75) is 18.9 Å². The number of nitrogens with one attached hydrogen (secondary N) is 1. The highest BCUT2D eigenvalue weighted by atomic mass is 16.2. The number of likely N-dealkylation sites (tertiary alicyclic amines) is 1. The Morgan fingerprint density at radius 3 is 2.80 bits per heavy atom. The monoisotopic (exact) mass is 340 g/mol. The third-order valence-electron chi connectivity index (χ3n) is 4.75. The highest BCUT2D eigenvalue weighted by molar-refractivity contribution is 5.92. The molecule has 1 aromatic carbocycles. The standard InChI is InChI=1S/C17H20N6O2/c24-16(15-12-23(20-19-15)13-5-2-1-3-6-13)21-9-4-7-14(11-21)22-10-8-18-17(22)25/h1-3,5-6,12,14H,4,7-11H2,(H,18,25)/t14-/m1/s1. The number of carbonyl (C=O) groups is 2. The maximum atomic E-state index is 12.8. The molecule has 2 aliphatic rings. The van der Waals surface area contributed by atoms with Gasteiger partial charge in [0.1, 0.15) is 0 Å². The summed E-state index contributed by atoms with van der Waals surface area (Å²) in [5.41, 5.74) is 1.19. The van der Waals surface area contributed by atoms with E-state index in [1.807, 2.05) is 35.2 Å². The Hall–Kier alpha value is -2.90. The number of aromatic nitrogens is 3. The summed E-state index contributed by atoms with van der Waals surface area (Å²) in [6, 6.07) is 9.61. The fraction of sp³-hybridized carbons (Fsp3) is 0.412. The zero-order valence-electron chi connectivity index (χ0n) is 13.8. The first-order chi connectivity index (χ1) is 12.2. The number of para-hydroxylation sites is 1. The van der Waals surface area contributed by atoms with Gasteiger partial charge in [0.15, 0.2) is 5.69 Å². The van der Waals surface area contributed by atoms with Crippen LogP contribution in [0.25, 0.3) is 5.69 Å². The number of carbonyl (C=O) groups excluding carboxylic acids is 2. The molecule has 1 aromatic heterocycles. The van der Waals surface area contributed by atoms with Gasteiger partial charge < -0.3 is 15.1 Å². The highest BCUT2D eigenvalue weighted by Gasteiger charge is 2.33. The number of nitrogens with zero attached hydrogens (tertiary/aromatic N) is 5. The molecule has 2 aliphatic heterocycles. The van der Waals surface area contributed by atoms with E-state index in [1.165, 1.54) is 0 Å². The van der Waals surface area contributed by atoms with Crippen LogP contribution >= 0.6 is 0 Å². The van der Waals surface area contributed by atoms with E-state index in [-0.39, 0.29) is 18.0 Å². The normalized spacial score (nSPS) is 20.6. The van der Waals surface area contributed by atoms with Crippen molar-refractivity contribution in [3.8, 4) is 5.69 Å². The molecule has 0 saturated carbocycles. The number of piperidine rings is 1. The van der Waals surface area contributed by atoms with Crippen LogP contribution in [-0.4, -0.2) is 69.0 Å². The summed E-state index contributed by atoms with van der Waals surface area (Å²) in [6.45, 7) is 2.61. The Morgan fingerprint density at radius 2 is 2.04 bits per heavy atom. The zero-order valence-corrected chi connectivity index (χ0v) is 13.8. The summed E-state index contributed by atoms with van der Waals surface area (Å²) in [5, 5.41) is 10.9. The van der Waals surface area contributed by atoms with Gasteiger partial charge in [-0.3, -0.25) is 4.79 Å². The first kappa shape index (κ1) is 15.6. The average Bonchev–Trinajstić information content (AvgIpc) is 3.31. The summed E-state index contributed by atoms with van der Waals surface area (Å²) in [6.07, 6.45) is 3.46. The van der Waals surface area contributed by atoms with Gasteiger partial charge in [0.2, 0.25) is 0 Å². The van der Waals surface area contributed by atoms with Crippen LogP contribution in [0.5, 0.6) is 0 Å². The number of benzene rings is 1. The highest BCUT2D eigenvalue weighted by Crippen LogP contribution is 2.19. The van der Waals surface area contributed by atoms with Gasteiger partial charge in [-0.15, -0.1) is 5.10 Å². The Labute approximate surface area is 145 Å². The van der Waals surface area contributed by atoms with Crippen LogP contribution in [0, 0.1) is 0 Å². The zero-order chi connectivity index (χ0) is 17.2. The van der Waals surface area contributed by atoms with Crippen LogP contribution < -0.4 is 5.32 Å². The molecule has 2 fully saturated rings. The van der Waals surface area contributed by atoms with Crippen molar-refractivity contribution < 1.29 is 9.59 Å². The second-order valence-electron chi connectivity index (χ2n) is 6.36. The molecule has 4 rings (SSSR count). The van der Waals surface area contributed by atoms with Crippen LogP contribution in [0.1, 0.15) is 23.3 Å². The lowest BCUT2D eigenvalue weighted by Gasteiger charge is -2.36. The molecule has 0 unspecified atom stereocenters. The van der Waals surface area contributed by atoms with Crippen molar-refractivity contribution in [3.05, 3.63) is 42.2 Å². The van der Waals surface area contributed by atoms with Gasteiger partial charge in [0.05, 0.1) is 17.9 Å². The van der Waals surface area contributed by atoms with Crippen molar-refractivity contribution >= 4 is 11.9 Å². The van der Waals surface area contributed by atoms with Crippen LogP contribution in [-0.2, 0) is 0 Å². The molecule has 3 heterocycles. The summed E-state index contributed by atoms with van der Waals surface area (Å²) < 4.78 is 1.60. The molecular weight excluding hydrogens is 320 g/mol. The molecule has 0 spiro atoms. The van der Waals surface area contributed by atoms with Crippen molar-refractivity contribution in [1.29, 1.82) is 0 Å². The maximum absolute atomic E-state index is 12.8. The molecular formula is C17H20N6O2. The minimum absolute atomic E-state index is 0.0330. The molecule has 130 valence electrons. The number of amides is 3. The third-order valence-corrected chi connectivity index (χ3v) is 4.75. The lowest BCUT2D eigenvalue weighted by atomic mass is 10.0. The second kappa shape index (κ2) is 6.54. The average molecular weight is 340 g/mol. The van der Waals surface area contributed by atoms with Gasteiger partial charge in [-0.1, -0.05) is 23.4 Å². The maximum Gasteiger partial charge on any atom is 0.317 e. The van der Waals surface area contributed by atoms with Crippen LogP contribution in [0.4, 0.5) is 4.79 Å². The van der Waals surface area contributed by atoms with Gasteiger partial charge in [0.25, 0.3) is 5.91 Å². The summed E-state index contributed by atoms with van der Waals surface area (Å²) in [4.78, 5) is 28.3. The van der Waals surface area contributed by atoms with Gasteiger partial charge >= 0.3 is 6.03 Å². The molecule has 8 heteroatoms. The van der Waals surface area contributed by atoms with Gasteiger partial charge in [0, 0.05) is 26.2 Å². The third kappa shape index (κ3) is 3.07. The molecule has 0 radical (unpaired) electrons. The molecule has 2 aromatic rings. The Balaban J connectivity index is 1.47. The lowest BCUT2D eigenvalue weighted by molar-refractivity contribution is 0.0628. The van der Waals surface area contributed by atoms with E-state index in [4.69, 9.17) is 0 Å². The first-order valence-corrected chi connectivity index (χ1v) is 8.54. The number of urea groups is 1. The van der Waals surface area contributed by atoms with Crippen LogP contribution in [0.2, 0.25) is 0 Å². The lowest BCUT2D eigenvalue weighted by Crippen LogP contribution is -2.50. The van der Waals surface area contributed by atoms with Crippen LogP contribution in [0.3, 0.4) is 0 Å². The molecule has 25 heavy (non-hydrogen) atoms. The predicted octanol–water partition coefficient (Wildman–Crippen LogP) is 0.897. The van der Waals surface area contributed by atoms with E-state index in [0.717, 1.165) is 18.5 Å². The molecule has 1 N–H and O–H groups in total. The second-order valence-corrected chi connectivity index (χ2v) is 6.36. The number of rotatable bonds is 3. The van der Waals surface area contributed by atoms with Crippen LogP contribution in [0.15, 0.2) is 36.5 Å². The fourth-order valence-corrected chi connectivity index (χ4v) is 3.46. The first-order valence-electron chi connectivity index (χ1n) is 8.54. The molecule has 8 nitrogen and oxygen atoms in total. The van der Waals surface area contributed by atoms with Gasteiger partial charge in [-0.25, -0.2) is 9.48 Å². The molecule has 1 atom stereocenters. The Bertz CT molecular complexity index is 774. The van der Waals surface area contributed by atoms with E-state index >= 15 is 0 Å². The Kier molecular flexibility index (Phi) is 4.09. The summed E-state index contributed by atoms with van der Waals surface area (Å²) >= 11 is 0. The molecule has 0 aliphatic carbocycles. The minimum atomic E-state index is -0.133. The number of hydrogen-bond donors (Lipinski definition) is 1. The van der Waals surface area contributed by atoms with E-state index in [1.54, 1.807) is 15.8 Å². The van der Waals surface area contributed by atoms with E-state index in [0.29, 0.717) is 31.9 Å². The predicted molar refractivity (Wildman–Crippen MR) is 90.4 cm³/mol. The minimum Gasteiger partial charge on any atom is -0.336 e. The van der Waals surface area contributed by atoms with Crippen molar-refractivity contribution in [2.75, 3.05) is 26.2 Å². The van der Waals surface area contributed by atoms with Crippen molar-refractivity contribution in [3.63, 3.8) is 0 Å². The van der Waals surface area contributed by atoms with E-state index in [9.17, 15) is 9.59 Å². The van der Waals surface area contributed by atoms with Crippen molar-refractivity contribution in [1.82, 2.24) is 30.1 Å². The van der Waals surface area contributed by atoms with E-state index < -0.39 is 0 Å². The molecule has 3 amide bonds. The van der Waals surface area contributed by atoms with E-state index in [2.05, 4.69) is 15.6 Å². The quantitative estimate of drug-likeness (QED) is 0.900. The molecule has 0 bridgehead atoms. The SMILES string of the molecule is O=C(c1cn(-c2ccccc2)nn1)N1CCC[C@@H](N2CCNC2=O)C1.